The molecule has 0 radical (unpaired) electrons. The van der Waals surface area contributed by atoms with Gasteiger partial charge in [0.2, 0.25) is 0 Å². The Labute approximate surface area is 212 Å². The van der Waals surface area contributed by atoms with Gasteiger partial charge in [0.25, 0.3) is 0 Å². The van der Waals surface area contributed by atoms with E-state index in [0.717, 1.165) is 32.6 Å². The Morgan fingerprint density at radius 2 is 1.19 bits per heavy atom. The van der Waals surface area contributed by atoms with E-state index >= 15 is 0 Å². The summed E-state index contributed by atoms with van der Waals surface area (Å²) in [6.07, 6.45) is 0. The van der Waals surface area contributed by atoms with Gasteiger partial charge in [-0.05, 0) is 49.2 Å². The quantitative estimate of drug-likeness (QED) is 0.422. The second-order valence-electron chi connectivity index (χ2n) is 10.2. The zero-order valence-corrected chi connectivity index (χ0v) is 21.5. The Hall–Kier alpha value is -3.03. The van der Waals surface area contributed by atoms with Crippen LogP contribution >= 0.6 is 0 Å². The zero-order chi connectivity index (χ0) is 25.8. The van der Waals surface area contributed by atoms with Crippen LogP contribution in [0, 0.1) is 0 Å². The van der Waals surface area contributed by atoms with Crippen molar-refractivity contribution in [2.45, 2.75) is 38.9 Å². The van der Waals surface area contributed by atoms with Crippen LogP contribution in [0.5, 0.6) is 11.5 Å². The fourth-order valence-corrected chi connectivity index (χ4v) is 4.97. The summed E-state index contributed by atoms with van der Waals surface area (Å²) in [7, 11) is 0.789. The lowest BCUT2D eigenvalue weighted by Gasteiger charge is -2.32. The average molecular weight is 484 g/mol. The third-order valence-electron chi connectivity index (χ3n) is 7.50. The maximum atomic E-state index is 10.3. The van der Waals surface area contributed by atoms with Gasteiger partial charge in [-0.2, -0.15) is 0 Å². The van der Waals surface area contributed by atoms with E-state index in [2.05, 4.69) is 0 Å². The van der Waals surface area contributed by atoms with Gasteiger partial charge < -0.3 is 28.8 Å². The highest BCUT2D eigenvalue weighted by Crippen LogP contribution is 2.45. The average Bonchev–Trinajstić information content (AvgIpc) is 3.07. The smallest absolute Gasteiger partial charge is 0.496 e. The molecule has 2 N–H and O–H groups in total. The molecule has 8 heteroatoms. The van der Waals surface area contributed by atoms with Crippen LogP contribution in [0.1, 0.15) is 27.7 Å². The molecular formula is C28H30B2O6. The number of rotatable bonds is 5. The molecule has 184 valence electrons. The fraction of sp³-hybridized carbons (Fsp3) is 0.286. The highest BCUT2D eigenvalue weighted by atomic mass is 16.7. The van der Waals surface area contributed by atoms with Crippen molar-refractivity contribution in [1.29, 1.82) is 0 Å². The molecular weight excluding hydrogens is 454 g/mol. The van der Waals surface area contributed by atoms with Crippen LogP contribution in [0.4, 0.5) is 0 Å². The minimum atomic E-state index is -1.72. The van der Waals surface area contributed by atoms with Gasteiger partial charge in [-0.1, -0.05) is 60.7 Å². The van der Waals surface area contributed by atoms with Crippen LogP contribution in [0.25, 0.3) is 32.7 Å². The van der Waals surface area contributed by atoms with Crippen molar-refractivity contribution in [2.24, 2.45) is 0 Å². The molecule has 0 saturated carbocycles. The van der Waals surface area contributed by atoms with Crippen molar-refractivity contribution in [2.75, 3.05) is 14.2 Å². The van der Waals surface area contributed by atoms with Crippen LogP contribution in [0.2, 0.25) is 0 Å². The number of methoxy groups -OCH3 is 2. The number of fused-ring (bicyclic) bond motifs is 2. The van der Waals surface area contributed by atoms with Crippen LogP contribution in [0.3, 0.4) is 0 Å². The van der Waals surface area contributed by atoms with E-state index < -0.39 is 25.4 Å². The van der Waals surface area contributed by atoms with Crippen molar-refractivity contribution in [3.05, 3.63) is 60.7 Å². The molecule has 36 heavy (non-hydrogen) atoms. The standard InChI is InChI=1S/C28H30B2O6/c1-27(2)28(3,4)36-30(35-27)22-16-18-12-8-10-14-20(18)24(26(22)34-6)23-19-13-9-7-11-17(19)15-21(29(31)32)25(23)33-5/h7-16,31-32H,1-6H3. The van der Waals surface area contributed by atoms with E-state index in [1.165, 1.54) is 7.11 Å². The van der Waals surface area contributed by atoms with Gasteiger partial charge in [0, 0.05) is 22.1 Å². The molecule has 0 atom stereocenters. The minimum absolute atomic E-state index is 0.276. The first-order chi connectivity index (χ1) is 17.1. The molecule has 0 spiro atoms. The summed E-state index contributed by atoms with van der Waals surface area (Å²) >= 11 is 0. The monoisotopic (exact) mass is 484 g/mol. The van der Waals surface area contributed by atoms with Crippen molar-refractivity contribution < 1.29 is 28.8 Å². The molecule has 4 aromatic carbocycles. The number of benzene rings is 4. The first kappa shape index (κ1) is 24.7. The van der Waals surface area contributed by atoms with Crippen molar-refractivity contribution >= 4 is 46.7 Å². The first-order valence-corrected chi connectivity index (χ1v) is 12.0. The maximum absolute atomic E-state index is 10.3. The number of hydrogen-bond donors (Lipinski definition) is 2. The second kappa shape index (κ2) is 8.82. The zero-order valence-electron chi connectivity index (χ0n) is 21.5. The molecule has 6 nitrogen and oxygen atoms in total. The normalized spacial score (nSPS) is 16.5. The van der Waals surface area contributed by atoms with Crippen LogP contribution < -0.4 is 20.4 Å². The van der Waals surface area contributed by atoms with Crippen LogP contribution in [0.15, 0.2) is 60.7 Å². The summed E-state index contributed by atoms with van der Waals surface area (Å²) in [6.45, 7) is 8.07. The van der Waals surface area contributed by atoms with E-state index in [1.54, 1.807) is 13.2 Å². The number of hydrogen-bond acceptors (Lipinski definition) is 6. The van der Waals surface area contributed by atoms with E-state index in [1.807, 2.05) is 82.3 Å². The molecule has 1 aliphatic rings. The highest BCUT2D eigenvalue weighted by Gasteiger charge is 2.53. The second-order valence-corrected chi connectivity index (χ2v) is 10.2. The van der Waals surface area contributed by atoms with Gasteiger partial charge in [0.15, 0.2) is 0 Å². The van der Waals surface area contributed by atoms with Gasteiger partial charge >= 0.3 is 14.2 Å². The van der Waals surface area contributed by atoms with Gasteiger partial charge in [0.1, 0.15) is 11.5 Å². The summed E-state index contributed by atoms with van der Waals surface area (Å²) in [5.41, 5.74) is 1.46. The number of ether oxygens (including phenoxy) is 2. The molecule has 0 aromatic heterocycles. The molecule has 0 bridgehead atoms. The van der Waals surface area contributed by atoms with Gasteiger partial charge in [0.05, 0.1) is 25.4 Å². The summed E-state index contributed by atoms with van der Waals surface area (Å²) in [5, 5.41) is 24.2. The molecule has 1 heterocycles. The van der Waals surface area contributed by atoms with E-state index in [-0.39, 0.29) is 5.46 Å². The Balaban J connectivity index is 1.92. The fourth-order valence-electron chi connectivity index (χ4n) is 4.97. The van der Waals surface area contributed by atoms with Crippen LogP contribution in [-0.2, 0) is 9.31 Å². The summed E-state index contributed by atoms with van der Waals surface area (Å²) in [4.78, 5) is 0. The summed E-state index contributed by atoms with van der Waals surface area (Å²) < 4.78 is 24.8. The van der Waals surface area contributed by atoms with E-state index in [9.17, 15) is 10.0 Å². The molecule has 5 rings (SSSR count). The van der Waals surface area contributed by atoms with Crippen molar-refractivity contribution in [3.8, 4) is 22.6 Å². The van der Waals surface area contributed by atoms with Gasteiger partial charge in [-0.3, -0.25) is 0 Å². The largest absolute Gasteiger partial charge is 0.498 e. The Kier molecular flexibility index (Phi) is 6.04. The lowest BCUT2D eigenvalue weighted by atomic mass is 9.73. The minimum Gasteiger partial charge on any atom is -0.496 e. The predicted octanol–water partition coefficient (Wildman–Crippen LogP) is 3.66. The molecule has 0 unspecified atom stereocenters. The Bertz CT molecular complexity index is 1450. The maximum Gasteiger partial charge on any atom is 0.498 e. The van der Waals surface area contributed by atoms with E-state index in [0.29, 0.717) is 17.1 Å². The SMILES string of the molecule is COc1c(B(O)O)cc2ccccc2c1-c1c(OC)c(B2OC(C)(C)C(C)(C)O2)cc2ccccc12. The predicted molar refractivity (Wildman–Crippen MR) is 146 cm³/mol. The van der Waals surface area contributed by atoms with Gasteiger partial charge in [-0.25, -0.2) is 0 Å². The first-order valence-electron chi connectivity index (χ1n) is 12.0. The van der Waals surface area contributed by atoms with Gasteiger partial charge in [-0.15, -0.1) is 0 Å². The topological polar surface area (TPSA) is 77.4 Å². The van der Waals surface area contributed by atoms with Crippen LogP contribution in [-0.4, -0.2) is 49.7 Å². The Morgan fingerprint density at radius 3 is 1.69 bits per heavy atom. The van der Waals surface area contributed by atoms with Crippen molar-refractivity contribution in [3.63, 3.8) is 0 Å². The third-order valence-corrected chi connectivity index (χ3v) is 7.50. The van der Waals surface area contributed by atoms with E-state index in [4.69, 9.17) is 18.8 Å². The molecule has 1 fully saturated rings. The third kappa shape index (κ3) is 3.76. The lowest BCUT2D eigenvalue weighted by Crippen LogP contribution is -2.41. The Morgan fingerprint density at radius 1 is 0.722 bits per heavy atom. The molecule has 1 aliphatic heterocycles. The lowest BCUT2D eigenvalue weighted by molar-refractivity contribution is 0.00578. The van der Waals surface area contributed by atoms with Crippen molar-refractivity contribution in [1.82, 2.24) is 0 Å². The molecule has 4 aromatic rings. The summed E-state index contributed by atoms with van der Waals surface area (Å²) in [6, 6.07) is 19.6. The molecule has 0 amide bonds. The highest BCUT2D eigenvalue weighted by molar-refractivity contribution is 6.64. The summed E-state index contributed by atoms with van der Waals surface area (Å²) in [5.74, 6) is 0.957. The molecule has 1 saturated heterocycles. The molecule has 0 aliphatic carbocycles.